The van der Waals surface area contributed by atoms with Gasteiger partial charge < -0.3 is 14.5 Å². The van der Waals surface area contributed by atoms with E-state index in [1.807, 2.05) is 36.1 Å². The number of fused-ring (bicyclic) bond motifs is 2. The van der Waals surface area contributed by atoms with Crippen LogP contribution < -0.4 is 4.90 Å². The minimum atomic E-state index is -0.432. The molecule has 2 atom stereocenters. The Labute approximate surface area is 222 Å². The summed E-state index contributed by atoms with van der Waals surface area (Å²) in [7, 11) is 0. The number of urea groups is 1. The largest absolute Gasteiger partial charge is 0.450 e. The Morgan fingerprint density at radius 3 is 2.54 bits per heavy atom. The van der Waals surface area contributed by atoms with Gasteiger partial charge in [-0.3, -0.25) is 4.79 Å². The van der Waals surface area contributed by atoms with Crippen molar-refractivity contribution < 1.29 is 19.1 Å². The van der Waals surface area contributed by atoms with Crippen LogP contribution in [-0.4, -0.2) is 52.9 Å². The molecule has 0 radical (unpaired) electrons. The molecule has 194 valence electrons. The summed E-state index contributed by atoms with van der Waals surface area (Å²) in [4.78, 5) is 46.3. The number of imide groups is 1. The Morgan fingerprint density at radius 1 is 1.08 bits per heavy atom. The number of carbonyl (C=O) groups excluding carboxylic acids is 3. The number of benzene rings is 2. The molecule has 7 nitrogen and oxygen atoms in total. The first-order chi connectivity index (χ1) is 17.8. The summed E-state index contributed by atoms with van der Waals surface area (Å²) in [6, 6.07) is 13.6. The molecule has 0 aromatic heterocycles. The van der Waals surface area contributed by atoms with Gasteiger partial charge >= 0.3 is 12.1 Å². The molecule has 2 aromatic carbocycles. The second kappa shape index (κ2) is 10.2. The van der Waals surface area contributed by atoms with Crippen LogP contribution in [-0.2, 0) is 22.5 Å². The monoisotopic (exact) mass is 519 g/mol. The van der Waals surface area contributed by atoms with E-state index < -0.39 is 5.92 Å². The van der Waals surface area contributed by atoms with E-state index in [1.165, 1.54) is 4.90 Å². The molecule has 2 unspecified atom stereocenters. The van der Waals surface area contributed by atoms with Crippen LogP contribution in [0.15, 0.2) is 52.9 Å². The molecule has 0 N–H and O–H groups in total. The first-order valence-electron chi connectivity index (χ1n) is 12.9. The van der Waals surface area contributed by atoms with E-state index in [9.17, 15) is 14.4 Å². The number of rotatable bonds is 5. The number of thioether (sulfide) groups is 1. The Morgan fingerprint density at radius 2 is 1.84 bits per heavy atom. The van der Waals surface area contributed by atoms with Gasteiger partial charge in [0, 0.05) is 18.0 Å². The van der Waals surface area contributed by atoms with Gasteiger partial charge in [-0.1, -0.05) is 42.8 Å². The highest BCUT2D eigenvalue weighted by Gasteiger charge is 2.53. The van der Waals surface area contributed by atoms with E-state index in [0.717, 1.165) is 39.2 Å². The molecular formula is C29H33N3O4S. The summed E-state index contributed by atoms with van der Waals surface area (Å²) in [6.45, 7) is 9.62. The van der Waals surface area contributed by atoms with Crippen LogP contribution >= 0.6 is 11.8 Å². The number of amides is 4. The molecule has 8 heteroatoms. The van der Waals surface area contributed by atoms with E-state index in [0.29, 0.717) is 38.3 Å². The molecular weight excluding hydrogens is 486 g/mol. The van der Waals surface area contributed by atoms with Crippen LogP contribution in [0.5, 0.6) is 0 Å². The highest BCUT2D eigenvalue weighted by atomic mass is 32.2. The maximum atomic E-state index is 14.0. The van der Waals surface area contributed by atoms with Crippen molar-refractivity contribution in [3.05, 3.63) is 75.2 Å². The number of ether oxygens (including phenoxy) is 1. The molecule has 1 fully saturated rings. The van der Waals surface area contributed by atoms with Crippen molar-refractivity contribution in [3.8, 4) is 0 Å². The SMILES string of the molecule is CCOC(=O)N1CCC2=C(C1)SC1C2C(=O)N(c2ccc(CC)cc2)C(=O)N1Cc1cc(C)ccc1C. The highest BCUT2D eigenvalue weighted by Crippen LogP contribution is 2.51. The van der Waals surface area contributed by atoms with Crippen molar-refractivity contribution in [3.63, 3.8) is 0 Å². The van der Waals surface area contributed by atoms with Gasteiger partial charge in [-0.15, -0.1) is 11.8 Å². The van der Waals surface area contributed by atoms with E-state index >= 15 is 0 Å². The first kappa shape index (κ1) is 25.4. The third kappa shape index (κ3) is 4.63. The number of anilines is 1. The fraction of sp³-hybridized carbons (Fsp3) is 0.414. The van der Waals surface area contributed by atoms with Gasteiger partial charge in [0.25, 0.3) is 0 Å². The van der Waals surface area contributed by atoms with Crippen molar-refractivity contribution >= 4 is 35.5 Å². The molecule has 3 aliphatic rings. The summed E-state index contributed by atoms with van der Waals surface area (Å²) in [5.74, 6) is -0.614. The number of nitrogens with zero attached hydrogens (tertiary/aromatic N) is 3. The third-order valence-electron chi connectivity index (χ3n) is 7.47. The highest BCUT2D eigenvalue weighted by molar-refractivity contribution is 8.04. The summed E-state index contributed by atoms with van der Waals surface area (Å²) in [5, 5.41) is -0.335. The zero-order chi connectivity index (χ0) is 26.3. The lowest BCUT2D eigenvalue weighted by molar-refractivity contribution is -0.122. The fourth-order valence-corrected chi connectivity index (χ4v) is 6.97. The van der Waals surface area contributed by atoms with Gasteiger partial charge in [0.15, 0.2) is 0 Å². The Hall–Kier alpha value is -3.26. The smallest absolute Gasteiger partial charge is 0.410 e. The minimum absolute atomic E-state index is 0.182. The van der Waals surface area contributed by atoms with Crippen LogP contribution in [0.4, 0.5) is 15.3 Å². The number of aryl methyl sites for hydroxylation is 3. The lowest BCUT2D eigenvalue weighted by atomic mass is 9.89. The molecule has 0 saturated carbocycles. The van der Waals surface area contributed by atoms with E-state index in [2.05, 4.69) is 32.0 Å². The van der Waals surface area contributed by atoms with Gasteiger partial charge in [0.05, 0.1) is 30.1 Å². The third-order valence-corrected chi connectivity index (χ3v) is 8.92. The van der Waals surface area contributed by atoms with Crippen LogP contribution in [0.1, 0.15) is 42.5 Å². The predicted molar refractivity (Wildman–Crippen MR) is 145 cm³/mol. The molecule has 0 aliphatic carbocycles. The quantitative estimate of drug-likeness (QED) is 0.511. The Balaban J connectivity index is 1.52. The molecule has 3 heterocycles. The van der Waals surface area contributed by atoms with Crippen molar-refractivity contribution in [1.82, 2.24) is 9.80 Å². The van der Waals surface area contributed by atoms with Crippen molar-refractivity contribution in [2.75, 3.05) is 24.6 Å². The summed E-state index contributed by atoms with van der Waals surface area (Å²) in [6.07, 6.45) is 1.15. The summed E-state index contributed by atoms with van der Waals surface area (Å²) < 4.78 is 5.22. The Kier molecular flexibility index (Phi) is 7.03. The Bertz CT molecular complexity index is 1270. The van der Waals surface area contributed by atoms with E-state index in [4.69, 9.17) is 4.74 Å². The van der Waals surface area contributed by atoms with Crippen LogP contribution in [0, 0.1) is 19.8 Å². The normalized spacial score (nSPS) is 21.4. The molecule has 2 aromatic rings. The van der Waals surface area contributed by atoms with Gasteiger partial charge in [-0.05, 0) is 68.0 Å². The van der Waals surface area contributed by atoms with E-state index in [1.54, 1.807) is 23.6 Å². The van der Waals surface area contributed by atoms with Gasteiger partial charge in [-0.25, -0.2) is 14.5 Å². The molecule has 3 aliphatic heterocycles. The van der Waals surface area contributed by atoms with Gasteiger partial charge in [0.2, 0.25) is 5.91 Å². The molecule has 0 bridgehead atoms. The second-order valence-electron chi connectivity index (χ2n) is 9.84. The average molecular weight is 520 g/mol. The topological polar surface area (TPSA) is 70.2 Å². The summed E-state index contributed by atoms with van der Waals surface area (Å²) >= 11 is 1.55. The molecule has 0 spiro atoms. The zero-order valence-corrected chi connectivity index (χ0v) is 22.6. The van der Waals surface area contributed by atoms with Gasteiger partial charge in [0.1, 0.15) is 0 Å². The van der Waals surface area contributed by atoms with Crippen LogP contribution in [0.2, 0.25) is 0 Å². The van der Waals surface area contributed by atoms with Crippen molar-refractivity contribution in [2.24, 2.45) is 5.92 Å². The molecule has 37 heavy (non-hydrogen) atoms. The maximum Gasteiger partial charge on any atom is 0.410 e. The second-order valence-corrected chi connectivity index (χ2v) is 11.1. The average Bonchev–Trinajstić information content (AvgIpc) is 3.28. The van der Waals surface area contributed by atoms with Gasteiger partial charge in [-0.2, -0.15) is 0 Å². The number of carbonyl (C=O) groups is 3. The number of hydrogen-bond acceptors (Lipinski definition) is 5. The van der Waals surface area contributed by atoms with Crippen LogP contribution in [0.25, 0.3) is 0 Å². The molecule has 5 rings (SSSR count). The van der Waals surface area contributed by atoms with E-state index in [-0.39, 0.29) is 23.4 Å². The van der Waals surface area contributed by atoms with Crippen molar-refractivity contribution in [2.45, 2.75) is 52.5 Å². The lowest BCUT2D eigenvalue weighted by Gasteiger charge is -2.42. The zero-order valence-electron chi connectivity index (χ0n) is 21.8. The minimum Gasteiger partial charge on any atom is -0.450 e. The fourth-order valence-electron chi connectivity index (χ4n) is 5.36. The standard InChI is InChI=1S/C29H33N3O4S/c1-5-20-9-11-22(12-10-20)32-26(33)25-23-13-14-30(29(35)36-6-2)17-24(23)37-27(25)31(28(32)34)16-21-15-18(3)7-8-19(21)4/h7-12,15,25,27H,5-6,13-14,16-17H2,1-4H3. The molecule has 4 amide bonds. The first-order valence-corrected chi connectivity index (χ1v) is 13.8. The molecule has 1 saturated heterocycles. The predicted octanol–water partition coefficient (Wildman–Crippen LogP) is 5.64. The van der Waals surface area contributed by atoms with Crippen LogP contribution in [0.3, 0.4) is 0 Å². The maximum absolute atomic E-state index is 14.0. The number of hydrogen-bond donors (Lipinski definition) is 0. The lowest BCUT2D eigenvalue weighted by Crippen LogP contribution is -2.60. The summed E-state index contributed by atoms with van der Waals surface area (Å²) in [5.41, 5.74) is 6.11. The van der Waals surface area contributed by atoms with Crippen molar-refractivity contribution in [1.29, 1.82) is 0 Å².